The van der Waals surface area contributed by atoms with E-state index in [0.29, 0.717) is 0 Å². The van der Waals surface area contributed by atoms with E-state index in [4.69, 9.17) is 16.3 Å². The number of benzene rings is 1. The van der Waals surface area contributed by atoms with Crippen molar-refractivity contribution in [1.82, 2.24) is 9.88 Å². The summed E-state index contributed by atoms with van der Waals surface area (Å²) >= 11 is 6.06. The van der Waals surface area contributed by atoms with Crippen LogP contribution >= 0.6 is 11.6 Å². The molecule has 1 aliphatic rings. The van der Waals surface area contributed by atoms with Gasteiger partial charge in [0, 0.05) is 28.9 Å². The predicted octanol–water partition coefficient (Wildman–Crippen LogP) is 2.98. The smallest absolute Gasteiger partial charge is 0.270 e. The van der Waals surface area contributed by atoms with E-state index < -0.39 is 5.82 Å². The fourth-order valence-electron chi connectivity index (χ4n) is 2.50. The highest BCUT2D eigenvalue weighted by Crippen LogP contribution is 2.31. The number of nitrogens with one attached hydrogen (secondary N) is 1. The molecule has 0 unspecified atom stereocenters. The Hall–Kier alpha value is -2.34. The molecule has 0 radical (unpaired) electrons. The maximum atomic E-state index is 14.0. The second-order valence-electron chi connectivity index (χ2n) is 5.64. The Balaban J connectivity index is 1.90. The van der Waals surface area contributed by atoms with E-state index in [9.17, 15) is 14.0 Å². The van der Waals surface area contributed by atoms with E-state index in [1.165, 1.54) is 31.5 Å². The van der Waals surface area contributed by atoms with E-state index in [1.807, 2.05) is 0 Å². The maximum Gasteiger partial charge on any atom is 0.270 e. The molecule has 3 rings (SSSR count). The molecule has 7 heteroatoms. The third-order valence-corrected chi connectivity index (χ3v) is 4.32. The fourth-order valence-corrected chi connectivity index (χ4v) is 2.73. The number of pyridine rings is 1. The van der Waals surface area contributed by atoms with E-state index in [1.54, 1.807) is 11.0 Å². The average Bonchev–Trinajstić information content (AvgIpc) is 3.39. The summed E-state index contributed by atoms with van der Waals surface area (Å²) in [5, 5.41) is 0.275. The van der Waals surface area contributed by atoms with Crippen molar-refractivity contribution >= 4 is 17.5 Å². The van der Waals surface area contributed by atoms with E-state index in [0.717, 1.165) is 12.8 Å². The van der Waals surface area contributed by atoms with Gasteiger partial charge in [0.15, 0.2) is 5.75 Å². The van der Waals surface area contributed by atoms with Crippen molar-refractivity contribution < 1.29 is 13.9 Å². The molecule has 1 fully saturated rings. The van der Waals surface area contributed by atoms with Gasteiger partial charge in [-0.25, -0.2) is 4.39 Å². The number of carbonyl (C=O) groups excluding carboxylic acids is 1. The van der Waals surface area contributed by atoms with Crippen LogP contribution in [0.15, 0.2) is 35.3 Å². The lowest BCUT2D eigenvalue weighted by molar-refractivity contribution is 0.0722. The molecule has 126 valence electrons. The highest BCUT2D eigenvalue weighted by molar-refractivity contribution is 6.31. The standard InChI is InChI=1S/C17H16ClFN2O3/c1-24-16-8-20-14(7-15(16)22)17(23)21(10-5-6-10)9-11-12(18)3-2-4-13(11)19/h2-4,7-8,10H,5-6,9H2,1H3,(H,20,22). The zero-order valence-corrected chi connectivity index (χ0v) is 13.8. The van der Waals surface area contributed by atoms with Crippen LogP contribution in [0.3, 0.4) is 0 Å². The van der Waals surface area contributed by atoms with Crippen LogP contribution in [-0.4, -0.2) is 28.9 Å². The van der Waals surface area contributed by atoms with Gasteiger partial charge in [0.2, 0.25) is 5.43 Å². The molecule has 5 nitrogen and oxygen atoms in total. The van der Waals surface area contributed by atoms with Crippen molar-refractivity contribution in [2.24, 2.45) is 0 Å². The van der Waals surface area contributed by atoms with Gasteiger partial charge in [-0.05, 0) is 25.0 Å². The van der Waals surface area contributed by atoms with Crippen LogP contribution in [0.5, 0.6) is 5.75 Å². The van der Waals surface area contributed by atoms with E-state index in [2.05, 4.69) is 4.98 Å². The monoisotopic (exact) mass is 350 g/mol. The molecule has 1 saturated carbocycles. The first-order valence-electron chi connectivity index (χ1n) is 7.52. The summed E-state index contributed by atoms with van der Waals surface area (Å²) in [5.41, 5.74) is 0.0229. The molecule has 0 spiro atoms. The number of H-pyrrole nitrogens is 1. The van der Waals surface area contributed by atoms with Gasteiger partial charge in [-0.15, -0.1) is 0 Å². The third-order valence-electron chi connectivity index (χ3n) is 3.97. The Morgan fingerprint density at radius 1 is 1.46 bits per heavy atom. The van der Waals surface area contributed by atoms with Gasteiger partial charge in [0.25, 0.3) is 5.91 Å². The minimum Gasteiger partial charge on any atom is -0.491 e. The number of amides is 1. The summed E-state index contributed by atoms with van der Waals surface area (Å²) < 4.78 is 18.9. The van der Waals surface area contributed by atoms with Crippen LogP contribution in [0.2, 0.25) is 5.02 Å². The number of hydrogen-bond acceptors (Lipinski definition) is 3. The fraction of sp³-hybridized carbons (Fsp3) is 0.294. The SMILES string of the molecule is COc1c[nH]c(C(=O)N(Cc2c(F)cccc2Cl)C2CC2)cc1=O. The number of nitrogens with zero attached hydrogens (tertiary/aromatic N) is 1. The Labute approximate surface area is 143 Å². The minimum atomic E-state index is -0.454. The topological polar surface area (TPSA) is 62.4 Å². The molecule has 0 saturated heterocycles. The van der Waals surface area contributed by atoms with Crippen molar-refractivity contribution in [3.63, 3.8) is 0 Å². The molecule has 0 bridgehead atoms. The first kappa shape index (κ1) is 16.5. The van der Waals surface area contributed by atoms with Gasteiger partial charge in [-0.2, -0.15) is 0 Å². The number of rotatable bonds is 5. The van der Waals surface area contributed by atoms with Gasteiger partial charge >= 0.3 is 0 Å². The van der Waals surface area contributed by atoms with Crippen LogP contribution in [-0.2, 0) is 6.54 Å². The predicted molar refractivity (Wildman–Crippen MR) is 87.9 cm³/mol. The van der Waals surface area contributed by atoms with Crippen molar-refractivity contribution in [2.75, 3.05) is 7.11 Å². The van der Waals surface area contributed by atoms with Gasteiger partial charge in [0.1, 0.15) is 11.5 Å². The van der Waals surface area contributed by atoms with Gasteiger partial charge in [-0.3, -0.25) is 9.59 Å². The average molecular weight is 351 g/mol. The molecule has 0 atom stereocenters. The lowest BCUT2D eigenvalue weighted by Crippen LogP contribution is -2.34. The lowest BCUT2D eigenvalue weighted by atomic mass is 10.2. The largest absolute Gasteiger partial charge is 0.491 e. The number of methoxy groups -OCH3 is 1. The summed E-state index contributed by atoms with van der Waals surface area (Å²) in [4.78, 5) is 28.9. The second-order valence-corrected chi connectivity index (χ2v) is 6.05. The van der Waals surface area contributed by atoms with Crippen LogP contribution in [0, 0.1) is 5.82 Å². The molecule has 1 N–H and O–H groups in total. The third kappa shape index (κ3) is 3.28. The normalized spacial score (nSPS) is 13.6. The van der Waals surface area contributed by atoms with Crippen LogP contribution in [0.4, 0.5) is 4.39 Å². The highest BCUT2D eigenvalue weighted by Gasteiger charge is 2.34. The Bertz CT molecular complexity index is 813. The number of hydrogen-bond donors (Lipinski definition) is 1. The minimum absolute atomic E-state index is 0.0266. The highest BCUT2D eigenvalue weighted by atomic mass is 35.5. The van der Waals surface area contributed by atoms with Crippen LogP contribution < -0.4 is 10.2 Å². The quantitative estimate of drug-likeness (QED) is 0.901. The zero-order chi connectivity index (χ0) is 17.3. The molecular weight excluding hydrogens is 335 g/mol. The van der Waals surface area contributed by atoms with Gasteiger partial charge in [-0.1, -0.05) is 17.7 Å². The molecule has 2 aromatic rings. The summed E-state index contributed by atoms with van der Waals surface area (Å²) in [6.07, 6.45) is 3.03. The molecule has 1 amide bonds. The molecule has 1 aromatic heterocycles. The first-order chi connectivity index (χ1) is 11.5. The molecule has 0 aliphatic heterocycles. The van der Waals surface area contributed by atoms with Crippen molar-refractivity contribution in [3.8, 4) is 5.75 Å². The molecule has 1 aromatic carbocycles. The van der Waals surface area contributed by atoms with Crippen LogP contribution in [0.25, 0.3) is 0 Å². The van der Waals surface area contributed by atoms with Crippen molar-refractivity contribution in [1.29, 1.82) is 0 Å². The van der Waals surface area contributed by atoms with Crippen LogP contribution in [0.1, 0.15) is 28.9 Å². The summed E-state index contributed by atoms with van der Waals surface area (Å²) in [7, 11) is 1.38. The number of ether oxygens (including phenoxy) is 1. The molecule has 24 heavy (non-hydrogen) atoms. The summed E-state index contributed by atoms with van der Waals surface area (Å²) in [6, 6.07) is 5.64. The molecule has 1 aliphatic carbocycles. The number of halogens is 2. The number of carbonyl (C=O) groups is 1. The van der Waals surface area contributed by atoms with Crippen molar-refractivity contribution in [3.05, 3.63) is 62.8 Å². The summed E-state index contributed by atoms with van der Waals surface area (Å²) in [5.74, 6) is -0.692. The Morgan fingerprint density at radius 3 is 2.79 bits per heavy atom. The first-order valence-corrected chi connectivity index (χ1v) is 7.89. The lowest BCUT2D eigenvalue weighted by Gasteiger charge is -2.23. The molecule has 1 heterocycles. The Morgan fingerprint density at radius 2 is 2.21 bits per heavy atom. The summed E-state index contributed by atoms with van der Waals surface area (Å²) in [6.45, 7) is 0.0586. The maximum absolute atomic E-state index is 14.0. The van der Waals surface area contributed by atoms with Gasteiger partial charge < -0.3 is 14.6 Å². The second kappa shape index (κ2) is 6.65. The van der Waals surface area contributed by atoms with Crippen molar-refractivity contribution in [2.45, 2.75) is 25.4 Å². The molecular formula is C17H16ClFN2O3. The van der Waals surface area contributed by atoms with E-state index in [-0.39, 0.29) is 46.0 Å². The Kier molecular flexibility index (Phi) is 4.57. The zero-order valence-electron chi connectivity index (χ0n) is 13.0. The van der Waals surface area contributed by atoms with E-state index >= 15 is 0 Å². The number of aromatic nitrogens is 1. The number of aromatic amines is 1. The van der Waals surface area contributed by atoms with Gasteiger partial charge in [0.05, 0.1) is 13.7 Å².